The van der Waals surface area contributed by atoms with Crippen LogP contribution in [0.15, 0.2) is 47.6 Å². The van der Waals surface area contributed by atoms with Crippen molar-refractivity contribution in [3.05, 3.63) is 58.1 Å². The normalized spacial score (nSPS) is 10.8. The number of para-hydroxylation sites is 1. The Morgan fingerprint density at radius 1 is 1.21 bits per heavy atom. The fraction of sp³-hybridized carbons (Fsp3) is 0.235. The van der Waals surface area contributed by atoms with Gasteiger partial charge >= 0.3 is 0 Å². The van der Waals surface area contributed by atoms with Crippen LogP contribution in [0, 0.1) is 10.1 Å². The molecule has 2 aromatic rings. The molecule has 0 unspecified atom stereocenters. The lowest BCUT2D eigenvalue weighted by Gasteiger charge is -2.14. The van der Waals surface area contributed by atoms with Crippen LogP contribution in [0.25, 0.3) is 0 Å². The molecule has 0 aliphatic heterocycles. The zero-order valence-electron chi connectivity index (χ0n) is 13.7. The first-order chi connectivity index (χ1) is 11.5. The first kappa shape index (κ1) is 17.3. The van der Waals surface area contributed by atoms with Crippen LogP contribution in [0.4, 0.5) is 11.4 Å². The summed E-state index contributed by atoms with van der Waals surface area (Å²) >= 11 is 0. The molecule has 7 heteroatoms. The minimum Gasteiger partial charge on any atom is -0.493 e. The number of anilines is 1. The average Bonchev–Trinajstić information content (AvgIpc) is 2.55. The molecule has 2 rings (SSSR count). The van der Waals surface area contributed by atoms with Crippen molar-refractivity contribution in [3.8, 4) is 11.5 Å². The Kier molecular flexibility index (Phi) is 5.73. The number of nitrogens with one attached hydrogen (secondary N) is 1. The standard InChI is InChI=1S/C17H19N3O4/c1-12(2)24-17-9-13(15(20(21)22)10-16(17)23-3)11-18-19-14-7-5-4-6-8-14/h4-12,19H,1-3H3. The summed E-state index contributed by atoms with van der Waals surface area (Å²) < 4.78 is 10.8. The molecule has 0 amide bonds. The van der Waals surface area contributed by atoms with Crippen LogP contribution in [0.2, 0.25) is 0 Å². The van der Waals surface area contributed by atoms with Gasteiger partial charge in [-0.15, -0.1) is 0 Å². The van der Waals surface area contributed by atoms with Crippen molar-refractivity contribution in [2.45, 2.75) is 20.0 Å². The van der Waals surface area contributed by atoms with Gasteiger partial charge in [0.1, 0.15) is 0 Å². The molecule has 0 bridgehead atoms. The fourth-order valence-corrected chi connectivity index (χ4v) is 2.02. The van der Waals surface area contributed by atoms with E-state index in [2.05, 4.69) is 10.5 Å². The summed E-state index contributed by atoms with van der Waals surface area (Å²) in [4.78, 5) is 10.8. The predicted molar refractivity (Wildman–Crippen MR) is 93.1 cm³/mol. The van der Waals surface area contributed by atoms with Crippen LogP contribution in [0.5, 0.6) is 11.5 Å². The Labute approximate surface area is 140 Å². The molecule has 0 spiro atoms. The van der Waals surface area contributed by atoms with E-state index >= 15 is 0 Å². The third-order valence-corrected chi connectivity index (χ3v) is 3.04. The average molecular weight is 329 g/mol. The number of rotatable bonds is 7. The lowest BCUT2D eigenvalue weighted by molar-refractivity contribution is -0.385. The van der Waals surface area contributed by atoms with Crippen LogP contribution in [0.1, 0.15) is 19.4 Å². The Morgan fingerprint density at radius 2 is 1.92 bits per heavy atom. The molecule has 0 aliphatic carbocycles. The quantitative estimate of drug-likeness (QED) is 0.474. The molecule has 2 aromatic carbocycles. The molecule has 24 heavy (non-hydrogen) atoms. The zero-order valence-corrected chi connectivity index (χ0v) is 13.7. The van der Waals surface area contributed by atoms with Gasteiger partial charge in [0.2, 0.25) is 0 Å². The van der Waals surface area contributed by atoms with Gasteiger partial charge in [-0.25, -0.2) is 0 Å². The third kappa shape index (κ3) is 4.45. The van der Waals surface area contributed by atoms with E-state index in [1.54, 1.807) is 6.07 Å². The lowest BCUT2D eigenvalue weighted by Crippen LogP contribution is -2.08. The van der Waals surface area contributed by atoms with Crippen LogP contribution < -0.4 is 14.9 Å². The number of hydrogen-bond acceptors (Lipinski definition) is 6. The summed E-state index contributed by atoms with van der Waals surface area (Å²) in [6.45, 7) is 3.73. The van der Waals surface area contributed by atoms with Gasteiger partial charge in [-0.05, 0) is 32.0 Å². The molecule has 0 aromatic heterocycles. The summed E-state index contributed by atoms with van der Waals surface area (Å²) in [7, 11) is 1.44. The molecule has 0 aliphatic rings. The monoisotopic (exact) mass is 329 g/mol. The molecule has 126 valence electrons. The second-order valence-electron chi connectivity index (χ2n) is 5.22. The van der Waals surface area contributed by atoms with Crippen LogP contribution in [-0.4, -0.2) is 24.4 Å². The smallest absolute Gasteiger partial charge is 0.282 e. The second kappa shape index (κ2) is 7.96. The largest absolute Gasteiger partial charge is 0.493 e. The van der Waals surface area contributed by atoms with E-state index in [9.17, 15) is 10.1 Å². The second-order valence-corrected chi connectivity index (χ2v) is 5.22. The van der Waals surface area contributed by atoms with Crippen molar-refractivity contribution in [2.24, 2.45) is 5.10 Å². The van der Waals surface area contributed by atoms with Crippen molar-refractivity contribution in [1.82, 2.24) is 0 Å². The van der Waals surface area contributed by atoms with Gasteiger partial charge in [-0.1, -0.05) is 18.2 Å². The minimum absolute atomic E-state index is 0.0902. The van der Waals surface area contributed by atoms with Gasteiger partial charge in [0, 0.05) is 0 Å². The highest BCUT2D eigenvalue weighted by Crippen LogP contribution is 2.34. The maximum atomic E-state index is 11.3. The number of hydrogen-bond donors (Lipinski definition) is 1. The van der Waals surface area contributed by atoms with Gasteiger partial charge in [0.15, 0.2) is 11.5 Å². The van der Waals surface area contributed by atoms with Crippen LogP contribution in [-0.2, 0) is 0 Å². The number of nitro groups is 1. The molecule has 0 saturated carbocycles. The highest BCUT2D eigenvalue weighted by atomic mass is 16.6. The Morgan fingerprint density at radius 3 is 2.50 bits per heavy atom. The van der Waals surface area contributed by atoms with Gasteiger partial charge in [0.25, 0.3) is 5.69 Å². The summed E-state index contributed by atoms with van der Waals surface area (Å²) in [6, 6.07) is 12.2. The predicted octanol–water partition coefficient (Wildman–Crippen LogP) is 3.84. The first-order valence-corrected chi connectivity index (χ1v) is 7.38. The van der Waals surface area contributed by atoms with E-state index in [-0.39, 0.29) is 11.8 Å². The van der Waals surface area contributed by atoms with E-state index in [0.717, 1.165) is 5.69 Å². The summed E-state index contributed by atoms with van der Waals surface area (Å²) in [5, 5.41) is 15.3. The molecule has 0 fully saturated rings. The number of methoxy groups -OCH3 is 1. The zero-order chi connectivity index (χ0) is 17.5. The molecule has 7 nitrogen and oxygen atoms in total. The SMILES string of the molecule is COc1cc([N+](=O)[O-])c(C=NNc2ccccc2)cc1OC(C)C. The number of nitrogens with zero attached hydrogens (tertiary/aromatic N) is 2. The number of ether oxygens (including phenoxy) is 2. The minimum atomic E-state index is -0.481. The number of benzene rings is 2. The topological polar surface area (TPSA) is 86.0 Å². The van der Waals surface area contributed by atoms with E-state index in [1.165, 1.54) is 19.4 Å². The van der Waals surface area contributed by atoms with E-state index in [1.807, 2.05) is 44.2 Å². The Balaban J connectivity index is 2.33. The Bertz CT molecular complexity index is 730. The molecule has 0 saturated heterocycles. The molecule has 0 atom stereocenters. The number of hydrazone groups is 1. The van der Waals surface area contributed by atoms with Gasteiger partial charge in [-0.2, -0.15) is 5.10 Å². The fourth-order valence-electron chi connectivity index (χ4n) is 2.02. The number of nitro benzene ring substituents is 1. The maximum absolute atomic E-state index is 11.3. The van der Waals surface area contributed by atoms with Crippen molar-refractivity contribution in [2.75, 3.05) is 12.5 Å². The lowest BCUT2D eigenvalue weighted by atomic mass is 10.1. The summed E-state index contributed by atoms with van der Waals surface area (Å²) in [5.74, 6) is 0.739. The molecule has 1 N–H and O–H groups in total. The molecule has 0 radical (unpaired) electrons. The third-order valence-electron chi connectivity index (χ3n) is 3.04. The summed E-state index contributed by atoms with van der Waals surface area (Å²) in [5.41, 5.74) is 3.81. The van der Waals surface area contributed by atoms with Crippen molar-refractivity contribution >= 4 is 17.6 Å². The van der Waals surface area contributed by atoms with E-state index < -0.39 is 4.92 Å². The van der Waals surface area contributed by atoms with Gasteiger partial charge in [-0.3, -0.25) is 15.5 Å². The highest BCUT2D eigenvalue weighted by Gasteiger charge is 2.19. The Hall–Kier alpha value is -3.09. The van der Waals surface area contributed by atoms with Gasteiger partial charge in [0.05, 0.1) is 41.7 Å². The molecular weight excluding hydrogens is 310 g/mol. The van der Waals surface area contributed by atoms with Crippen LogP contribution >= 0.6 is 0 Å². The maximum Gasteiger partial charge on any atom is 0.282 e. The first-order valence-electron chi connectivity index (χ1n) is 7.38. The van der Waals surface area contributed by atoms with E-state index in [4.69, 9.17) is 9.47 Å². The molecular formula is C17H19N3O4. The van der Waals surface area contributed by atoms with E-state index in [0.29, 0.717) is 17.1 Å². The highest BCUT2D eigenvalue weighted by molar-refractivity contribution is 5.87. The molecule has 0 heterocycles. The van der Waals surface area contributed by atoms with Crippen molar-refractivity contribution in [1.29, 1.82) is 0 Å². The van der Waals surface area contributed by atoms with Crippen molar-refractivity contribution in [3.63, 3.8) is 0 Å². The summed E-state index contributed by atoms with van der Waals surface area (Å²) in [6.07, 6.45) is 1.30. The van der Waals surface area contributed by atoms with Crippen molar-refractivity contribution < 1.29 is 14.4 Å². The van der Waals surface area contributed by atoms with Crippen LogP contribution in [0.3, 0.4) is 0 Å². The van der Waals surface area contributed by atoms with Gasteiger partial charge < -0.3 is 9.47 Å².